The van der Waals surface area contributed by atoms with Gasteiger partial charge in [0.2, 0.25) is 0 Å². The molecule has 0 unspecified atom stereocenters. The van der Waals surface area contributed by atoms with E-state index in [-0.39, 0.29) is 0 Å². The number of aryl methyl sites for hydroxylation is 1. The molecule has 2 rings (SSSR count). The minimum Gasteiger partial charge on any atom is -0.311 e. The van der Waals surface area contributed by atoms with Gasteiger partial charge in [0.05, 0.1) is 10.7 Å². The lowest BCUT2D eigenvalue weighted by atomic mass is 10.3. The maximum absolute atomic E-state index is 6.21. The van der Waals surface area contributed by atoms with Crippen molar-refractivity contribution in [3.05, 3.63) is 41.1 Å². The Balaban J connectivity index is 2.23. The van der Waals surface area contributed by atoms with Crippen molar-refractivity contribution in [3.63, 3.8) is 0 Å². The predicted molar refractivity (Wildman–Crippen MR) is 82.4 cm³/mol. The fourth-order valence-electron chi connectivity index (χ4n) is 2.07. The number of hydrogen-bond acceptors (Lipinski definition) is 3. The zero-order chi connectivity index (χ0) is 14.4. The number of rotatable bonds is 7. The highest BCUT2D eigenvalue weighted by Gasteiger charge is 2.08. The second-order valence-corrected chi connectivity index (χ2v) is 5.15. The van der Waals surface area contributed by atoms with E-state index in [9.17, 15) is 0 Å². The highest BCUT2D eigenvalue weighted by atomic mass is 35.5. The van der Waals surface area contributed by atoms with Crippen LogP contribution in [0.15, 0.2) is 24.5 Å². The van der Waals surface area contributed by atoms with Crippen LogP contribution in [0.25, 0.3) is 5.82 Å². The van der Waals surface area contributed by atoms with Crippen molar-refractivity contribution >= 4 is 11.6 Å². The molecule has 4 nitrogen and oxygen atoms in total. The van der Waals surface area contributed by atoms with Gasteiger partial charge in [-0.15, -0.1) is 0 Å². The van der Waals surface area contributed by atoms with Gasteiger partial charge in [-0.05, 0) is 31.5 Å². The molecule has 0 fully saturated rings. The molecule has 5 heteroatoms. The molecule has 108 valence electrons. The van der Waals surface area contributed by atoms with E-state index in [1.165, 1.54) is 0 Å². The van der Waals surface area contributed by atoms with Crippen LogP contribution >= 0.6 is 11.6 Å². The molecule has 0 aliphatic heterocycles. The first-order valence-electron chi connectivity index (χ1n) is 7.15. The fraction of sp³-hybridized carbons (Fsp3) is 0.467. The van der Waals surface area contributed by atoms with E-state index in [1.807, 2.05) is 29.1 Å². The average Bonchev–Trinajstić information content (AvgIpc) is 2.90. The standard InChI is InChI=1S/C15H21ClN4/c1-3-5-14-18-9-10-20(14)15-7-6-12(16)13(19-15)11-17-8-4-2/h6-7,9-10,17H,3-5,8,11H2,1-2H3. The van der Waals surface area contributed by atoms with Crippen molar-refractivity contribution in [3.8, 4) is 5.82 Å². The summed E-state index contributed by atoms with van der Waals surface area (Å²) >= 11 is 6.21. The smallest absolute Gasteiger partial charge is 0.138 e. The molecule has 1 N–H and O–H groups in total. The van der Waals surface area contributed by atoms with Crippen LogP contribution in [0.3, 0.4) is 0 Å². The quantitative estimate of drug-likeness (QED) is 0.796. The lowest BCUT2D eigenvalue weighted by molar-refractivity contribution is 0.662. The van der Waals surface area contributed by atoms with Gasteiger partial charge in [-0.2, -0.15) is 0 Å². The van der Waals surface area contributed by atoms with Crippen LogP contribution in [0.1, 0.15) is 38.2 Å². The number of nitrogens with zero attached hydrogens (tertiary/aromatic N) is 3. The van der Waals surface area contributed by atoms with Crippen molar-refractivity contribution in [2.24, 2.45) is 0 Å². The lowest BCUT2D eigenvalue weighted by Crippen LogP contribution is -2.16. The molecule has 0 atom stereocenters. The van der Waals surface area contributed by atoms with Gasteiger partial charge in [0.15, 0.2) is 0 Å². The van der Waals surface area contributed by atoms with Crippen molar-refractivity contribution in [1.82, 2.24) is 19.9 Å². The van der Waals surface area contributed by atoms with Crippen LogP contribution in [-0.2, 0) is 13.0 Å². The highest BCUT2D eigenvalue weighted by molar-refractivity contribution is 6.31. The van der Waals surface area contributed by atoms with Crippen molar-refractivity contribution < 1.29 is 0 Å². The van der Waals surface area contributed by atoms with Gasteiger partial charge < -0.3 is 5.32 Å². The minimum absolute atomic E-state index is 0.693. The Morgan fingerprint density at radius 1 is 1.25 bits per heavy atom. The first-order chi connectivity index (χ1) is 9.76. The number of halogens is 1. The third kappa shape index (κ3) is 3.58. The molecule has 0 aliphatic rings. The van der Waals surface area contributed by atoms with E-state index in [0.29, 0.717) is 11.6 Å². The molecule has 0 amide bonds. The zero-order valence-electron chi connectivity index (χ0n) is 12.1. The van der Waals surface area contributed by atoms with Gasteiger partial charge in [0.1, 0.15) is 11.6 Å². The molecule has 0 radical (unpaired) electrons. The third-order valence-corrected chi connectivity index (χ3v) is 3.41. The van der Waals surface area contributed by atoms with Gasteiger partial charge in [-0.25, -0.2) is 9.97 Å². The lowest BCUT2D eigenvalue weighted by Gasteiger charge is -2.10. The molecule has 0 aliphatic carbocycles. The molecule has 0 saturated carbocycles. The van der Waals surface area contributed by atoms with Crippen LogP contribution in [0.4, 0.5) is 0 Å². The van der Waals surface area contributed by atoms with E-state index in [2.05, 4.69) is 29.1 Å². The van der Waals surface area contributed by atoms with Crippen LogP contribution in [0.2, 0.25) is 5.02 Å². The number of nitrogens with one attached hydrogen (secondary N) is 1. The number of imidazole rings is 1. The topological polar surface area (TPSA) is 42.7 Å². The fourth-order valence-corrected chi connectivity index (χ4v) is 2.24. The van der Waals surface area contributed by atoms with Gasteiger partial charge >= 0.3 is 0 Å². The molecule has 20 heavy (non-hydrogen) atoms. The van der Waals surface area contributed by atoms with Crippen LogP contribution in [-0.4, -0.2) is 21.1 Å². The molecule has 2 aromatic rings. The molecule has 0 aromatic carbocycles. The normalized spacial score (nSPS) is 10.9. The molecular formula is C15H21ClN4. The van der Waals surface area contributed by atoms with Gasteiger partial charge in [0, 0.05) is 25.4 Å². The summed E-state index contributed by atoms with van der Waals surface area (Å²) in [5.74, 6) is 1.92. The number of pyridine rings is 1. The molecule has 0 saturated heterocycles. The Labute approximate surface area is 125 Å². The second kappa shape index (κ2) is 7.41. The summed E-state index contributed by atoms with van der Waals surface area (Å²) in [5, 5.41) is 4.04. The Morgan fingerprint density at radius 3 is 2.85 bits per heavy atom. The molecule has 2 heterocycles. The summed E-state index contributed by atoms with van der Waals surface area (Å²) in [4.78, 5) is 9.04. The third-order valence-electron chi connectivity index (χ3n) is 3.06. The maximum Gasteiger partial charge on any atom is 0.138 e. The van der Waals surface area contributed by atoms with Gasteiger partial charge in [-0.3, -0.25) is 4.57 Å². The highest BCUT2D eigenvalue weighted by Crippen LogP contribution is 2.17. The zero-order valence-corrected chi connectivity index (χ0v) is 12.8. The van der Waals surface area contributed by atoms with Crippen LogP contribution in [0, 0.1) is 0 Å². The summed E-state index contributed by atoms with van der Waals surface area (Å²) in [7, 11) is 0. The van der Waals surface area contributed by atoms with E-state index >= 15 is 0 Å². The Bertz CT molecular complexity index is 551. The number of aromatic nitrogens is 3. The van der Waals surface area contributed by atoms with Crippen molar-refractivity contribution in [1.29, 1.82) is 0 Å². The van der Waals surface area contributed by atoms with E-state index in [0.717, 1.165) is 43.1 Å². The Morgan fingerprint density at radius 2 is 2.10 bits per heavy atom. The maximum atomic E-state index is 6.21. The summed E-state index contributed by atoms with van der Waals surface area (Å²) in [6.45, 7) is 5.95. The first-order valence-corrected chi connectivity index (χ1v) is 7.52. The summed E-state index contributed by atoms with van der Waals surface area (Å²) in [6.07, 6.45) is 6.87. The molecule has 2 aromatic heterocycles. The monoisotopic (exact) mass is 292 g/mol. The predicted octanol–water partition coefficient (Wildman–Crippen LogP) is 3.37. The van der Waals surface area contributed by atoms with Gasteiger partial charge in [-0.1, -0.05) is 25.4 Å². The van der Waals surface area contributed by atoms with E-state index in [4.69, 9.17) is 11.6 Å². The SMILES string of the molecule is CCCNCc1nc(-n2ccnc2CCC)ccc1Cl. The molecular weight excluding hydrogens is 272 g/mol. The van der Waals surface area contributed by atoms with Gasteiger partial charge in [0.25, 0.3) is 0 Å². The minimum atomic E-state index is 0.693. The van der Waals surface area contributed by atoms with Crippen molar-refractivity contribution in [2.45, 2.75) is 39.7 Å². The summed E-state index contributed by atoms with van der Waals surface area (Å²) in [5.41, 5.74) is 0.883. The summed E-state index contributed by atoms with van der Waals surface area (Å²) < 4.78 is 2.03. The molecule has 0 spiro atoms. The van der Waals surface area contributed by atoms with Crippen molar-refractivity contribution in [2.75, 3.05) is 6.54 Å². The summed E-state index contributed by atoms with van der Waals surface area (Å²) in [6, 6.07) is 3.84. The number of hydrogen-bond donors (Lipinski definition) is 1. The van der Waals surface area contributed by atoms with E-state index in [1.54, 1.807) is 0 Å². The first kappa shape index (κ1) is 15.0. The largest absolute Gasteiger partial charge is 0.311 e. The van der Waals surface area contributed by atoms with E-state index < -0.39 is 0 Å². The van der Waals surface area contributed by atoms with Crippen LogP contribution < -0.4 is 5.32 Å². The Kier molecular flexibility index (Phi) is 5.56. The average molecular weight is 293 g/mol. The van der Waals surface area contributed by atoms with Crippen LogP contribution in [0.5, 0.6) is 0 Å². The Hall–Kier alpha value is -1.39. The molecule has 0 bridgehead atoms. The second-order valence-electron chi connectivity index (χ2n) is 4.74.